The van der Waals surface area contributed by atoms with Crippen molar-refractivity contribution < 1.29 is 0 Å². The summed E-state index contributed by atoms with van der Waals surface area (Å²) in [5.41, 5.74) is 2.90. The van der Waals surface area contributed by atoms with Gasteiger partial charge in [-0.05, 0) is 48.0 Å². The summed E-state index contributed by atoms with van der Waals surface area (Å²) < 4.78 is 0. The fourth-order valence-electron chi connectivity index (χ4n) is 2.05. The molecule has 122 valence electrons. The summed E-state index contributed by atoms with van der Waals surface area (Å²) in [5.74, 6) is 0.905. The Balaban J connectivity index is 1.72. The van der Waals surface area contributed by atoms with E-state index in [9.17, 15) is 0 Å². The summed E-state index contributed by atoms with van der Waals surface area (Å²) in [6.45, 7) is 0. The van der Waals surface area contributed by atoms with Crippen molar-refractivity contribution in [2.75, 3.05) is 29.6 Å². The Morgan fingerprint density at radius 2 is 1.33 bits per heavy atom. The van der Waals surface area contributed by atoms with Crippen LogP contribution in [0.15, 0.2) is 54.6 Å². The highest BCUT2D eigenvalue weighted by Gasteiger charge is 2.07. The van der Waals surface area contributed by atoms with Gasteiger partial charge in [0, 0.05) is 31.2 Å². The minimum Gasteiger partial charge on any atom is -0.356 e. The highest BCUT2D eigenvalue weighted by Crippen LogP contribution is 2.21. The van der Waals surface area contributed by atoms with E-state index in [1.165, 1.54) is 0 Å². The maximum absolute atomic E-state index is 5.94. The second-order valence-electron chi connectivity index (χ2n) is 5.32. The second-order valence-corrected chi connectivity index (χ2v) is 5.65. The summed E-state index contributed by atoms with van der Waals surface area (Å²) in [7, 11) is 3.69. The van der Waals surface area contributed by atoms with Crippen LogP contribution in [0.2, 0.25) is 5.28 Å². The summed E-state index contributed by atoms with van der Waals surface area (Å²) in [6, 6.07) is 17.8. The lowest BCUT2D eigenvalue weighted by Gasteiger charge is -2.12. The molecule has 0 radical (unpaired) electrons. The summed E-state index contributed by atoms with van der Waals surface area (Å²) in [6.07, 6.45) is 0. The summed E-state index contributed by atoms with van der Waals surface area (Å²) in [5, 5.41) is 6.61. The van der Waals surface area contributed by atoms with E-state index in [0.717, 1.165) is 17.1 Å². The van der Waals surface area contributed by atoms with Crippen molar-refractivity contribution in [1.82, 2.24) is 15.0 Å². The topological polar surface area (TPSA) is 66.0 Å². The molecule has 3 rings (SSSR count). The monoisotopic (exact) mass is 340 g/mol. The van der Waals surface area contributed by atoms with E-state index in [1.54, 1.807) is 4.90 Å². The van der Waals surface area contributed by atoms with Gasteiger partial charge >= 0.3 is 0 Å². The molecule has 2 N–H and O–H groups in total. The van der Waals surface area contributed by atoms with Crippen LogP contribution in [-0.2, 0) is 0 Å². The maximum Gasteiger partial charge on any atom is 0.233 e. The van der Waals surface area contributed by atoms with Crippen LogP contribution in [0.5, 0.6) is 0 Å². The lowest BCUT2D eigenvalue weighted by atomic mass is 10.2. The zero-order valence-corrected chi connectivity index (χ0v) is 14.1. The smallest absolute Gasteiger partial charge is 0.233 e. The molecule has 0 spiro atoms. The first-order chi connectivity index (χ1) is 11.6. The molecule has 0 amide bonds. The first kappa shape index (κ1) is 16.0. The minimum atomic E-state index is 0.151. The van der Waals surface area contributed by atoms with Crippen molar-refractivity contribution in [3.63, 3.8) is 0 Å². The van der Waals surface area contributed by atoms with Crippen LogP contribution in [0.4, 0.5) is 29.0 Å². The summed E-state index contributed by atoms with van der Waals surface area (Å²) in [4.78, 5) is 14.2. The van der Waals surface area contributed by atoms with Gasteiger partial charge in [0.1, 0.15) is 0 Å². The number of hydrogen-bond acceptors (Lipinski definition) is 6. The third-order valence-corrected chi connectivity index (χ3v) is 3.37. The number of aromatic nitrogens is 3. The third kappa shape index (κ3) is 4.11. The molecule has 7 heteroatoms. The van der Waals surface area contributed by atoms with Crippen LogP contribution in [0.1, 0.15) is 0 Å². The van der Waals surface area contributed by atoms with Crippen molar-refractivity contribution >= 4 is 40.6 Å². The number of halogens is 1. The molecular weight excluding hydrogens is 324 g/mol. The zero-order valence-electron chi connectivity index (χ0n) is 13.4. The number of anilines is 5. The second kappa shape index (κ2) is 7.14. The average molecular weight is 341 g/mol. The Kier molecular flexibility index (Phi) is 4.77. The molecule has 3 aromatic rings. The van der Waals surface area contributed by atoms with Gasteiger partial charge in [0.25, 0.3) is 0 Å². The Morgan fingerprint density at radius 1 is 0.750 bits per heavy atom. The number of nitrogens with one attached hydrogen (secondary N) is 2. The van der Waals surface area contributed by atoms with Gasteiger partial charge in [0.15, 0.2) is 0 Å². The maximum atomic E-state index is 5.94. The van der Waals surface area contributed by atoms with Crippen LogP contribution < -0.4 is 15.5 Å². The van der Waals surface area contributed by atoms with Crippen LogP contribution >= 0.6 is 11.6 Å². The third-order valence-electron chi connectivity index (χ3n) is 3.20. The molecule has 1 heterocycles. The molecule has 24 heavy (non-hydrogen) atoms. The van der Waals surface area contributed by atoms with E-state index in [1.807, 2.05) is 68.7 Å². The highest BCUT2D eigenvalue weighted by atomic mass is 35.5. The molecular formula is C17H17ClN6. The molecule has 6 nitrogen and oxygen atoms in total. The lowest BCUT2D eigenvalue weighted by molar-refractivity contribution is 0.961. The number of benzene rings is 2. The Labute approximate surface area is 145 Å². The number of para-hydroxylation sites is 1. The van der Waals surface area contributed by atoms with E-state index in [0.29, 0.717) is 11.9 Å². The van der Waals surface area contributed by atoms with E-state index in [4.69, 9.17) is 11.6 Å². The molecule has 0 saturated carbocycles. The van der Waals surface area contributed by atoms with E-state index in [-0.39, 0.29) is 5.28 Å². The van der Waals surface area contributed by atoms with Gasteiger partial charge in [-0.25, -0.2) is 0 Å². The molecule has 0 bridgehead atoms. The normalized spacial score (nSPS) is 10.3. The first-order valence-electron chi connectivity index (χ1n) is 7.38. The molecule has 0 aliphatic rings. The van der Waals surface area contributed by atoms with E-state index < -0.39 is 0 Å². The van der Waals surface area contributed by atoms with Gasteiger partial charge in [-0.1, -0.05) is 18.2 Å². The fourth-order valence-corrected chi connectivity index (χ4v) is 2.21. The summed E-state index contributed by atoms with van der Waals surface area (Å²) >= 11 is 5.94. The van der Waals surface area contributed by atoms with Crippen molar-refractivity contribution in [1.29, 1.82) is 0 Å². The Bertz CT molecular complexity index is 805. The molecule has 0 aliphatic carbocycles. The number of hydrogen-bond donors (Lipinski definition) is 2. The predicted molar refractivity (Wildman–Crippen MR) is 98.6 cm³/mol. The molecule has 0 fully saturated rings. The van der Waals surface area contributed by atoms with Crippen LogP contribution in [-0.4, -0.2) is 29.0 Å². The molecule has 0 aliphatic heterocycles. The van der Waals surface area contributed by atoms with Gasteiger partial charge in [0.05, 0.1) is 0 Å². The van der Waals surface area contributed by atoms with Gasteiger partial charge in [-0.2, -0.15) is 15.0 Å². The van der Waals surface area contributed by atoms with Gasteiger partial charge in [-0.3, -0.25) is 0 Å². The van der Waals surface area contributed by atoms with Gasteiger partial charge < -0.3 is 15.5 Å². The number of rotatable bonds is 5. The van der Waals surface area contributed by atoms with Crippen LogP contribution in [0.3, 0.4) is 0 Å². The zero-order chi connectivity index (χ0) is 16.9. The standard InChI is InChI=1S/C17H17ClN6/c1-24(2)17-22-15(18)21-16(23-17)20-14-10-8-13(9-11-14)19-12-6-4-3-5-7-12/h3-11,19H,1-2H3,(H,20,21,22,23). The van der Waals surface area contributed by atoms with E-state index >= 15 is 0 Å². The average Bonchev–Trinajstić information content (AvgIpc) is 2.57. The first-order valence-corrected chi connectivity index (χ1v) is 7.76. The quantitative estimate of drug-likeness (QED) is 0.729. The fraction of sp³-hybridized carbons (Fsp3) is 0.118. The van der Waals surface area contributed by atoms with Gasteiger partial charge in [0.2, 0.25) is 17.2 Å². The van der Waals surface area contributed by atoms with Crippen molar-refractivity contribution in [2.45, 2.75) is 0 Å². The predicted octanol–water partition coefficient (Wildman–Crippen LogP) is 4.08. The van der Waals surface area contributed by atoms with Crippen molar-refractivity contribution in [2.24, 2.45) is 0 Å². The number of nitrogens with zero attached hydrogens (tertiary/aromatic N) is 4. The SMILES string of the molecule is CN(C)c1nc(Cl)nc(Nc2ccc(Nc3ccccc3)cc2)n1. The van der Waals surface area contributed by atoms with Crippen molar-refractivity contribution in [3.8, 4) is 0 Å². The largest absolute Gasteiger partial charge is 0.356 e. The minimum absolute atomic E-state index is 0.151. The lowest BCUT2D eigenvalue weighted by Crippen LogP contribution is -2.14. The Hall–Kier alpha value is -2.86. The highest BCUT2D eigenvalue weighted by molar-refractivity contribution is 6.28. The molecule has 0 atom stereocenters. The molecule has 0 saturated heterocycles. The van der Waals surface area contributed by atoms with E-state index in [2.05, 4.69) is 25.6 Å². The van der Waals surface area contributed by atoms with Crippen molar-refractivity contribution in [3.05, 3.63) is 59.9 Å². The molecule has 0 unspecified atom stereocenters. The Morgan fingerprint density at radius 3 is 1.96 bits per heavy atom. The van der Waals surface area contributed by atoms with Crippen LogP contribution in [0.25, 0.3) is 0 Å². The van der Waals surface area contributed by atoms with Gasteiger partial charge in [-0.15, -0.1) is 0 Å². The van der Waals surface area contributed by atoms with Crippen LogP contribution in [0, 0.1) is 0 Å². The molecule has 1 aromatic heterocycles. The molecule has 2 aromatic carbocycles.